The Morgan fingerprint density at radius 3 is 2.52 bits per heavy atom. The summed E-state index contributed by atoms with van der Waals surface area (Å²) in [5.74, 6) is -1.28. The smallest absolute Gasteiger partial charge is 0.283 e. The number of nitro groups is 1. The minimum atomic E-state index is -0.643. The van der Waals surface area contributed by atoms with Gasteiger partial charge in [-0.2, -0.15) is 0 Å². The van der Waals surface area contributed by atoms with E-state index in [0.717, 1.165) is 6.07 Å². The first kappa shape index (κ1) is 15.4. The van der Waals surface area contributed by atoms with Crippen LogP contribution in [0.1, 0.15) is 18.5 Å². The standard InChI is InChI=1S/C14H11BrF2N2O2/c1-8(11-4-2-9(16)6-13(11)17)18-10-3-5-14(19(20)21)12(15)7-10/h2-8,18H,1H3. The minimum Gasteiger partial charge on any atom is -0.378 e. The van der Waals surface area contributed by atoms with E-state index in [1.807, 2.05) is 0 Å². The summed E-state index contributed by atoms with van der Waals surface area (Å²) in [6, 6.07) is 7.36. The highest BCUT2D eigenvalue weighted by molar-refractivity contribution is 9.10. The zero-order valence-electron chi connectivity index (χ0n) is 10.9. The van der Waals surface area contributed by atoms with Crippen molar-refractivity contribution in [2.45, 2.75) is 13.0 Å². The van der Waals surface area contributed by atoms with Crippen LogP contribution in [-0.2, 0) is 0 Å². The average Bonchev–Trinajstić information content (AvgIpc) is 2.37. The zero-order valence-corrected chi connectivity index (χ0v) is 12.5. The molecule has 0 saturated carbocycles. The predicted octanol–water partition coefficient (Wildman–Crippen LogP) is 4.81. The molecule has 2 aromatic carbocycles. The van der Waals surface area contributed by atoms with Gasteiger partial charge in [0.05, 0.1) is 15.4 Å². The van der Waals surface area contributed by atoms with E-state index in [0.29, 0.717) is 15.7 Å². The lowest BCUT2D eigenvalue weighted by Gasteiger charge is -2.16. The maximum atomic E-state index is 13.7. The van der Waals surface area contributed by atoms with Crippen LogP contribution in [0.5, 0.6) is 0 Å². The third-order valence-electron chi connectivity index (χ3n) is 2.96. The predicted molar refractivity (Wildman–Crippen MR) is 79.2 cm³/mol. The number of nitrogens with zero attached hydrogens (tertiary/aromatic N) is 1. The first-order valence-corrected chi connectivity index (χ1v) is 6.83. The molecule has 0 spiro atoms. The summed E-state index contributed by atoms with van der Waals surface area (Å²) in [4.78, 5) is 10.2. The molecule has 0 saturated heterocycles. The highest BCUT2D eigenvalue weighted by atomic mass is 79.9. The molecule has 2 aromatic rings. The fourth-order valence-electron chi connectivity index (χ4n) is 1.93. The van der Waals surface area contributed by atoms with Crippen molar-refractivity contribution < 1.29 is 13.7 Å². The van der Waals surface area contributed by atoms with Crippen LogP contribution in [0.25, 0.3) is 0 Å². The molecule has 1 atom stereocenters. The van der Waals surface area contributed by atoms with Gasteiger partial charge in [-0.05, 0) is 41.1 Å². The van der Waals surface area contributed by atoms with Crippen molar-refractivity contribution in [3.63, 3.8) is 0 Å². The Morgan fingerprint density at radius 2 is 1.95 bits per heavy atom. The number of anilines is 1. The van der Waals surface area contributed by atoms with E-state index in [2.05, 4.69) is 21.2 Å². The number of hydrogen-bond acceptors (Lipinski definition) is 3. The lowest BCUT2D eigenvalue weighted by Crippen LogP contribution is -2.09. The van der Waals surface area contributed by atoms with Crippen molar-refractivity contribution in [3.8, 4) is 0 Å². The molecular formula is C14H11BrF2N2O2. The second-order valence-electron chi connectivity index (χ2n) is 4.46. The summed E-state index contributed by atoms with van der Waals surface area (Å²) in [5, 5.41) is 13.7. The molecule has 2 rings (SSSR count). The van der Waals surface area contributed by atoms with Gasteiger partial charge < -0.3 is 5.32 Å². The monoisotopic (exact) mass is 356 g/mol. The van der Waals surface area contributed by atoms with Gasteiger partial charge in [-0.3, -0.25) is 10.1 Å². The fraction of sp³-hybridized carbons (Fsp3) is 0.143. The number of halogens is 3. The second-order valence-corrected chi connectivity index (χ2v) is 5.31. The van der Waals surface area contributed by atoms with Crippen molar-refractivity contribution in [2.24, 2.45) is 0 Å². The van der Waals surface area contributed by atoms with E-state index in [4.69, 9.17) is 0 Å². The highest BCUT2D eigenvalue weighted by Gasteiger charge is 2.15. The quantitative estimate of drug-likeness (QED) is 0.631. The van der Waals surface area contributed by atoms with Gasteiger partial charge >= 0.3 is 0 Å². The molecule has 0 aliphatic heterocycles. The maximum Gasteiger partial charge on any atom is 0.283 e. The van der Waals surface area contributed by atoms with E-state index in [-0.39, 0.29) is 5.69 Å². The summed E-state index contributed by atoms with van der Waals surface area (Å²) in [5.41, 5.74) is 0.843. The topological polar surface area (TPSA) is 55.2 Å². The molecule has 0 radical (unpaired) electrons. The van der Waals surface area contributed by atoms with Crippen LogP contribution >= 0.6 is 15.9 Å². The van der Waals surface area contributed by atoms with Crippen molar-refractivity contribution in [1.82, 2.24) is 0 Å². The maximum absolute atomic E-state index is 13.7. The van der Waals surface area contributed by atoms with E-state index < -0.39 is 22.6 Å². The number of benzene rings is 2. The number of hydrogen-bond donors (Lipinski definition) is 1. The molecule has 0 aliphatic rings. The van der Waals surface area contributed by atoms with E-state index in [1.54, 1.807) is 6.92 Å². The second kappa shape index (κ2) is 6.17. The highest BCUT2D eigenvalue weighted by Crippen LogP contribution is 2.30. The SMILES string of the molecule is CC(Nc1ccc([N+](=O)[O-])c(Br)c1)c1ccc(F)cc1F. The molecule has 0 aliphatic carbocycles. The summed E-state index contributed by atoms with van der Waals surface area (Å²) < 4.78 is 26.9. The van der Waals surface area contributed by atoms with Crippen LogP contribution in [0.2, 0.25) is 0 Å². The molecule has 4 nitrogen and oxygen atoms in total. The number of rotatable bonds is 4. The Bertz CT molecular complexity index is 695. The normalized spacial score (nSPS) is 12.0. The van der Waals surface area contributed by atoms with Gasteiger partial charge in [0.2, 0.25) is 0 Å². The first-order valence-electron chi connectivity index (χ1n) is 6.04. The van der Waals surface area contributed by atoms with Crippen LogP contribution in [0.4, 0.5) is 20.2 Å². The van der Waals surface area contributed by atoms with Gasteiger partial charge in [0.1, 0.15) is 11.6 Å². The van der Waals surface area contributed by atoms with E-state index in [9.17, 15) is 18.9 Å². The van der Waals surface area contributed by atoms with Crippen molar-refractivity contribution in [1.29, 1.82) is 0 Å². The van der Waals surface area contributed by atoms with Gasteiger partial charge in [-0.15, -0.1) is 0 Å². The van der Waals surface area contributed by atoms with Gasteiger partial charge in [0.25, 0.3) is 5.69 Å². The largest absolute Gasteiger partial charge is 0.378 e. The van der Waals surface area contributed by atoms with Crippen LogP contribution in [0.15, 0.2) is 40.9 Å². The lowest BCUT2D eigenvalue weighted by molar-refractivity contribution is -0.385. The summed E-state index contributed by atoms with van der Waals surface area (Å²) >= 11 is 3.11. The third-order valence-corrected chi connectivity index (χ3v) is 3.59. The molecule has 0 fully saturated rings. The summed E-state index contributed by atoms with van der Waals surface area (Å²) in [7, 11) is 0. The Labute approximate surface area is 128 Å². The van der Waals surface area contributed by atoms with Crippen LogP contribution < -0.4 is 5.32 Å². The molecule has 110 valence electrons. The fourth-order valence-corrected chi connectivity index (χ4v) is 2.45. The van der Waals surface area contributed by atoms with Gasteiger partial charge in [-0.1, -0.05) is 6.07 Å². The molecule has 1 unspecified atom stereocenters. The van der Waals surface area contributed by atoms with Gasteiger partial charge in [0, 0.05) is 23.4 Å². The molecule has 0 amide bonds. The lowest BCUT2D eigenvalue weighted by atomic mass is 10.1. The third kappa shape index (κ3) is 3.55. The summed E-state index contributed by atoms with van der Waals surface area (Å²) in [6.45, 7) is 1.71. The molecule has 21 heavy (non-hydrogen) atoms. The number of nitro benzene ring substituents is 1. The Kier molecular flexibility index (Phi) is 4.52. The van der Waals surface area contributed by atoms with Crippen LogP contribution in [0.3, 0.4) is 0 Å². The Hall–Kier alpha value is -2.02. The average molecular weight is 357 g/mol. The minimum absolute atomic E-state index is 0.0545. The van der Waals surface area contributed by atoms with Gasteiger partial charge in [-0.25, -0.2) is 8.78 Å². The van der Waals surface area contributed by atoms with E-state index in [1.165, 1.54) is 30.3 Å². The van der Waals surface area contributed by atoms with Crippen LogP contribution in [0, 0.1) is 21.7 Å². The molecule has 0 heterocycles. The van der Waals surface area contributed by atoms with E-state index >= 15 is 0 Å². The molecular weight excluding hydrogens is 346 g/mol. The van der Waals surface area contributed by atoms with Gasteiger partial charge in [0.15, 0.2) is 0 Å². The molecule has 7 heteroatoms. The van der Waals surface area contributed by atoms with Crippen molar-refractivity contribution in [3.05, 3.63) is 68.2 Å². The Morgan fingerprint density at radius 1 is 1.24 bits per heavy atom. The molecule has 1 N–H and O–H groups in total. The molecule has 0 aromatic heterocycles. The molecule has 0 bridgehead atoms. The van der Waals surface area contributed by atoms with Crippen molar-refractivity contribution in [2.75, 3.05) is 5.32 Å². The zero-order chi connectivity index (χ0) is 15.6. The first-order chi connectivity index (χ1) is 9.88. The number of nitrogens with one attached hydrogen (secondary N) is 1. The van der Waals surface area contributed by atoms with Crippen molar-refractivity contribution >= 4 is 27.3 Å². The Balaban J connectivity index is 2.21. The summed E-state index contributed by atoms with van der Waals surface area (Å²) in [6.07, 6.45) is 0. The van der Waals surface area contributed by atoms with Crippen LogP contribution in [-0.4, -0.2) is 4.92 Å².